The highest BCUT2D eigenvalue weighted by Crippen LogP contribution is 2.11. The fraction of sp³-hybridized carbons (Fsp3) is 0.364. The summed E-state index contributed by atoms with van der Waals surface area (Å²) in [5.41, 5.74) is -0.416. The number of pyridine rings is 1. The molecule has 98 valence electrons. The number of carboxylic acids is 1. The summed E-state index contributed by atoms with van der Waals surface area (Å²) in [7, 11) is 1.39. The number of aliphatic carboxylic acids is 1. The molecule has 0 atom stereocenters. The van der Waals surface area contributed by atoms with E-state index < -0.39 is 29.2 Å². The lowest BCUT2D eigenvalue weighted by Gasteiger charge is -2.16. The molecular weight excluding hydrogens is 246 g/mol. The van der Waals surface area contributed by atoms with Gasteiger partial charge in [0, 0.05) is 26.2 Å². The van der Waals surface area contributed by atoms with Crippen molar-refractivity contribution in [3.63, 3.8) is 0 Å². The van der Waals surface area contributed by atoms with Crippen LogP contribution in [0.5, 0.6) is 0 Å². The Kier molecular flexibility index (Phi) is 4.70. The molecule has 1 aromatic heterocycles. The first-order valence-corrected chi connectivity index (χ1v) is 5.20. The molecule has 0 unspecified atom stereocenters. The molecule has 5 nitrogen and oxygen atoms in total. The Morgan fingerprint density at radius 1 is 1.44 bits per heavy atom. The molecule has 0 radical (unpaired) electrons. The number of carboxylic acid groups (broad SMARTS) is 1. The van der Waals surface area contributed by atoms with E-state index in [1.165, 1.54) is 7.05 Å². The second kappa shape index (κ2) is 6.04. The lowest BCUT2D eigenvalue weighted by Crippen LogP contribution is -2.29. The molecule has 0 aliphatic rings. The number of nitrogens with zero attached hydrogens (tertiary/aromatic N) is 2. The van der Waals surface area contributed by atoms with E-state index in [1.807, 2.05) is 0 Å². The summed E-state index contributed by atoms with van der Waals surface area (Å²) in [6.07, 6.45) is 1.15. The average Bonchev–Trinajstić information content (AvgIpc) is 2.31. The molecule has 0 fully saturated rings. The lowest BCUT2D eigenvalue weighted by atomic mass is 10.2. The number of hydrogen-bond donors (Lipinski definition) is 1. The summed E-state index contributed by atoms with van der Waals surface area (Å²) in [6.45, 7) is 0.147. The summed E-state index contributed by atoms with van der Waals surface area (Å²) in [5, 5.41) is 8.44. The van der Waals surface area contributed by atoms with Gasteiger partial charge in [0.15, 0.2) is 5.82 Å². The molecule has 0 aliphatic carbocycles. The molecule has 0 aromatic carbocycles. The van der Waals surface area contributed by atoms with E-state index in [9.17, 15) is 18.4 Å². The van der Waals surface area contributed by atoms with Crippen molar-refractivity contribution in [2.75, 3.05) is 13.6 Å². The normalized spacial score (nSPS) is 10.2. The zero-order valence-corrected chi connectivity index (χ0v) is 9.69. The molecule has 1 amide bonds. The Morgan fingerprint density at radius 2 is 2.11 bits per heavy atom. The third-order valence-corrected chi connectivity index (χ3v) is 2.31. The highest BCUT2D eigenvalue weighted by molar-refractivity contribution is 5.94. The van der Waals surface area contributed by atoms with Crippen LogP contribution in [0.25, 0.3) is 0 Å². The number of aromatic nitrogens is 1. The SMILES string of the molecule is CN(CCCC(=O)O)C(=O)c1ccnc(F)c1F. The molecule has 0 bridgehead atoms. The molecule has 1 N–H and O–H groups in total. The van der Waals surface area contributed by atoms with E-state index in [0.29, 0.717) is 0 Å². The lowest BCUT2D eigenvalue weighted by molar-refractivity contribution is -0.137. The van der Waals surface area contributed by atoms with Gasteiger partial charge in [0.05, 0.1) is 5.56 Å². The maximum absolute atomic E-state index is 13.3. The van der Waals surface area contributed by atoms with Crippen molar-refractivity contribution in [2.45, 2.75) is 12.8 Å². The van der Waals surface area contributed by atoms with Gasteiger partial charge in [-0.25, -0.2) is 9.37 Å². The van der Waals surface area contributed by atoms with Crippen molar-refractivity contribution < 1.29 is 23.5 Å². The summed E-state index contributed by atoms with van der Waals surface area (Å²) in [4.78, 5) is 26.3. The maximum Gasteiger partial charge on any atom is 0.303 e. The van der Waals surface area contributed by atoms with Crippen LogP contribution in [-0.4, -0.2) is 40.5 Å². The second-order valence-corrected chi connectivity index (χ2v) is 3.69. The zero-order chi connectivity index (χ0) is 13.7. The highest BCUT2D eigenvalue weighted by Gasteiger charge is 2.19. The third-order valence-electron chi connectivity index (χ3n) is 2.31. The quantitative estimate of drug-likeness (QED) is 0.808. The van der Waals surface area contributed by atoms with Gasteiger partial charge >= 0.3 is 5.97 Å². The van der Waals surface area contributed by atoms with Crippen molar-refractivity contribution >= 4 is 11.9 Å². The first-order valence-electron chi connectivity index (χ1n) is 5.20. The Balaban J connectivity index is 2.69. The minimum Gasteiger partial charge on any atom is -0.481 e. The molecular formula is C11H12F2N2O3. The number of amides is 1. The van der Waals surface area contributed by atoms with Crippen LogP contribution in [0.2, 0.25) is 0 Å². The molecule has 0 saturated carbocycles. The van der Waals surface area contributed by atoms with Gasteiger partial charge in [-0.15, -0.1) is 0 Å². The van der Waals surface area contributed by atoms with Crippen LogP contribution in [0.15, 0.2) is 12.3 Å². The second-order valence-electron chi connectivity index (χ2n) is 3.69. The van der Waals surface area contributed by atoms with Gasteiger partial charge in [-0.05, 0) is 12.5 Å². The van der Waals surface area contributed by atoms with Crippen molar-refractivity contribution in [1.29, 1.82) is 0 Å². The van der Waals surface area contributed by atoms with Crippen molar-refractivity contribution in [2.24, 2.45) is 0 Å². The van der Waals surface area contributed by atoms with Crippen LogP contribution in [0.4, 0.5) is 8.78 Å². The van der Waals surface area contributed by atoms with Gasteiger partial charge in [-0.1, -0.05) is 0 Å². The summed E-state index contributed by atoms with van der Waals surface area (Å²) >= 11 is 0. The molecule has 0 aliphatic heterocycles. The van der Waals surface area contributed by atoms with Crippen LogP contribution in [0.3, 0.4) is 0 Å². The third kappa shape index (κ3) is 3.47. The van der Waals surface area contributed by atoms with Crippen molar-refractivity contribution in [3.8, 4) is 0 Å². The Morgan fingerprint density at radius 3 is 2.72 bits per heavy atom. The fourth-order valence-corrected chi connectivity index (χ4v) is 1.36. The molecule has 1 heterocycles. The van der Waals surface area contributed by atoms with E-state index in [1.54, 1.807) is 0 Å². The number of carbonyl (C=O) groups is 2. The fourth-order valence-electron chi connectivity index (χ4n) is 1.36. The largest absolute Gasteiger partial charge is 0.481 e. The molecule has 18 heavy (non-hydrogen) atoms. The molecule has 1 aromatic rings. The standard InChI is InChI=1S/C11H12F2N2O3/c1-15(6-2-3-8(16)17)11(18)7-4-5-14-10(13)9(7)12/h4-5H,2-3,6H2,1H3,(H,16,17). The minimum atomic E-state index is -1.33. The average molecular weight is 258 g/mol. The zero-order valence-electron chi connectivity index (χ0n) is 9.69. The molecule has 0 spiro atoms. The van der Waals surface area contributed by atoms with Crippen molar-refractivity contribution in [1.82, 2.24) is 9.88 Å². The maximum atomic E-state index is 13.3. The van der Waals surface area contributed by atoms with Crippen LogP contribution < -0.4 is 0 Å². The first kappa shape index (κ1) is 14.0. The van der Waals surface area contributed by atoms with Gasteiger partial charge in [0.2, 0.25) is 5.95 Å². The summed E-state index contributed by atoms with van der Waals surface area (Å²) < 4.78 is 26.1. The van der Waals surface area contributed by atoms with Crippen LogP contribution >= 0.6 is 0 Å². The smallest absolute Gasteiger partial charge is 0.303 e. The number of carbonyl (C=O) groups excluding carboxylic acids is 1. The minimum absolute atomic E-state index is 0.0925. The number of hydrogen-bond acceptors (Lipinski definition) is 3. The van der Waals surface area contributed by atoms with E-state index in [0.717, 1.165) is 17.2 Å². The topological polar surface area (TPSA) is 70.5 Å². The number of halogens is 2. The predicted molar refractivity (Wildman–Crippen MR) is 58.0 cm³/mol. The van der Waals surface area contributed by atoms with E-state index in [2.05, 4.69) is 4.98 Å². The Bertz CT molecular complexity index is 466. The summed E-state index contributed by atoms with van der Waals surface area (Å²) in [6, 6.07) is 1.08. The van der Waals surface area contributed by atoms with Gasteiger partial charge in [0.1, 0.15) is 0 Å². The Hall–Kier alpha value is -2.05. The van der Waals surface area contributed by atoms with E-state index >= 15 is 0 Å². The monoisotopic (exact) mass is 258 g/mol. The summed E-state index contributed by atoms with van der Waals surface area (Å²) in [5.74, 6) is -4.32. The molecule has 7 heteroatoms. The van der Waals surface area contributed by atoms with Crippen LogP contribution in [-0.2, 0) is 4.79 Å². The molecule has 0 saturated heterocycles. The van der Waals surface area contributed by atoms with E-state index in [-0.39, 0.29) is 19.4 Å². The highest BCUT2D eigenvalue weighted by atomic mass is 19.2. The first-order chi connectivity index (χ1) is 8.43. The van der Waals surface area contributed by atoms with Crippen molar-refractivity contribution in [3.05, 3.63) is 29.6 Å². The Labute approximate surface area is 102 Å². The van der Waals surface area contributed by atoms with Gasteiger partial charge in [-0.3, -0.25) is 9.59 Å². The van der Waals surface area contributed by atoms with Gasteiger partial charge in [-0.2, -0.15) is 4.39 Å². The molecule has 1 rings (SSSR count). The van der Waals surface area contributed by atoms with Crippen LogP contribution in [0.1, 0.15) is 23.2 Å². The van der Waals surface area contributed by atoms with E-state index in [4.69, 9.17) is 5.11 Å². The van der Waals surface area contributed by atoms with Gasteiger partial charge < -0.3 is 10.0 Å². The number of rotatable bonds is 5. The van der Waals surface area contributed by atoms with Gasteiger partial charge in [0.25, 0.3) is 5.91 Å². The predicted octanol–water partition coefficient (Wildman–Crippen LogP) is 1.30. The van der Waals surface area contributed by atoms with Crippen LogP contribution in [0, 0.1) is 11.8 Å².